The van der Waals surface area contributed by atoms with Crippen LogP contribution in [-0.2, 0) is 6.42 Å². The minimum Gasteiger partial charge on any atom is -0.374 e. The molecule has 0 aliphatic carbocycles. The number of imide groups is 1. The zero-order chi connectivity index (χ0) is 20.0. The van der Waals surface area contributed by atoms with Crippen LogP contribution in [0, 0.1) is 11.3 Å². The number of carbonyl (C=O) groups is 2. The molecule has 2 aromatic carbocycles. The maximum Gasteiger partial charge on any atom is 0.262 e. The highest BCUT2D eigenvalue weighted by Gasteiger charge is 2.37. The number of hydrogen-bond donors (Lipinski definition) is 0. The lowest BCUT2D eigenvalue weighted by molar-refractivity contribution is 0.0693. The minimum atomic E-state index is -0.431. The van der Waals surface area contributed by atoms with Crippen LogP contribution in [0.3, 0.4) is 0 Å². The Balaban J connectivity index is 1.76. The van der Waals surface area contributed by atoms with Gasteiger partial charge in [0.2, 0.25) is 0 Å². The number of amides is 2. The molecule has 8 heteroatoms. The van der Waals surface area contributed by atoms with E-state index in [-0.39, 0.29) is 22.4 Å². The number of nitrogens with zero attached hydrogens (tertiary/aromatic N) is 5. The molecular formula is C20H16BrN5O2. The lowest BCUT2D eigenvalue weighted by Gasteiger charge is -2.27. The predicted molar refractivity (Wildman–Crippen MR) is 107 cm³/mol. The lowest BCUT2D eigenvalue weighted by Crippen LogP contribution is -2.24. The van der Waals surface area contributed by atoms with Gasteiger partial charge in [-0.3, -0.25) is 14.5 Å². The van der Waals surface area contributed by atoms with Gasteiger partial charge in [-0.25, -0.2) is 0 Å². The maximum atomic E-state index is 12.4. The zero-order valence-electron chi connectivity index (χ0n) is 15.4. The summed E-state index contributed by atoms with van der Waals surface area (Å²) in [4.78, 5) is 27.8. The summed E-state index contributed by atoms with van der Waals surface area (Å²) in [5, 5.41) is 18.0. The topological polar surface area (TPSA) is 89.1 Å². The van der Waals surface area contributed by atoms with E-state index < -0.39 is 11.8 Å². The summed E-state index contributed by atoms with van der Waals surface area (Å²) in [6.07, 6.45) is 2.07. The van der Waals surface area contributed by atoms with E-state index in [0.717, 1.165) is 24.3 Å². The molecule has 28 heavy (non-hydrogen) atoms. The molecule has 0 radical (unpaired) electrons. The van der Waals surface area contributed by atoms with Gasteiger partial charge in [0.15, 0.2) is 0 Å². The van der Waals surface area contributed by atoms with Crippen LogP contribution in [0.2, 0.25) is 0 Å². The molecule has 0 bridgehead atoms. The van der Waals surface area contributed by atoms with E-state index in [1.54, 1.807) is 0 Å². The number of hydrogen-bond acceptors (Lipinski definition) is 6. The van der Waals surface area contributed by atoms with Crippen molar-refractivity contribution in [3.63, 3.8) is 0 Å². The third-order valence-electron chi connectivity index (χ3n) is 5.09. The molecule has 7 nitrogen and oxygen atoms in total. The standard InChI is InChI=1S/C20H16BrN5O2/c1-25-7-3-4-11-8-13(5-6-15(11)25)23-24-18-12(10-22)9-14-16(17(18)21)20(28)26(2)19(14)27/h5-6,8-9H,3-4,7H2,1-2H3. The summed E-state index contributed by atoms with van der Waals surface area (Å²) in [6.45, 7) is 1.03. The van der Waals surface area contributed by atoms with Crippen LogP contribution < -0.4 is 4.90 Å². The van der Waals surface area contributed by atoms with Crippen molar-refractivity contribution in [3.8, 4) is 6.07 Å². The van der Waals surface area contributed by atoms with E-state index in [9.17, 15) is 14.9 Å². The van der Waals surface area contributed by atoms with E-state index in [1.807, 2.05) is 24.3 Å². The van der Waals surface area contributed by atoms with Gasteiger partial charge in [0.1, 0.15) is 11.8 Å². The number of benzene rings is 2. The molecule has 0 spiro atoms. The van der Waals surface area contributed by atoms with Crippen molar-refractivity contribution < 1.29 is 9.59 Å². The molecule has 0 aromatic heterocycles. The molecule has 0 saturated carbocycles. The predicted octanol–water partition coefficient (Wildman–Crippen LogP) is 4.34. The molecule has 4 rings (SSSR count). The molecular weight excluding hydrogens is 422 g/mol. The number of nitriles is 1. The third kappa shape index (κ3) is 2.79. The molecule has 0 unspecified atom stereocenters. The van der Waals surface area contributed by atoms with Gasteiger partial charge in [0.25, 0.3) is 11.8 Å². The molecule has 2 heterocycles. The Kier molecular flexibility index (Phi) is 4.47. The fraction of sp³-hybridized carbons (Fsp3) is 0.250. The van der Waals surface area contributed by atoms with Gasteiger partial charge in [-0.05, 0) is 58.6 Å². The average molecular weight is 438 g/mol. The van der Waals surface area contributed by atoms with Crippen LogP contribution >= 0.6 is 15.9 Å². The summed E-state index contributed by atoms with van der Waals surface area (Å²) in [5.74, 6) is -0.857. The largest absolute Gasteiger partial charge is 0.374 e. The van der Waals surface area contributed by atoms with Crippen molar-refractivity contribution in [1.29, 1.82) is 5.26 Å². The first kappa shape index (κ1) is 18.3. The number of azo groups is 1. The molecule has 2 aliphatic heterocycles. The summed E-state index contributed by atoms with van der Waals surface area (Å²) in [5.41, 5.74) is 3.91. The Bertz CT molecular complexity index is 1100. The van der Waals surface area contributed by atoms with Gasteiger partial charge >= 0.3 is 0 Å². The second kappa shape index (κ2) is 6.84. The highest BCUT2D eigenvalue weighted by molar-refractivity contribution is 9.10. The molecule has 2 aromatic rings. The molecule has 0 saturated heterocycles. The van der Waals surface area contributed by atoms with Crippen LogP contribution in [0.25, 0.3) is 0 Å². The molecule has 2 amide bonds. The summed E-state index contributed by atoms with van der Waals surface area (Å²) < 4.78 is 0.311. The second-order valence-corrected chi connectivity index (χ2v) is 7.62. The molecule has 140 valence electrons. The molecule has 2 aliphatic rings. The SMILES string of the molecule is CN1C(=O)c2cc(C#N)c(N=Nc3ccc4c(c3)CCCN4C)c(Br)c2C1=O. The van der Waals surface area contributed by atoms with E-state index in [4.69, 9.17) is 0 Å². The van der Waals surface area contributed by atoms with Crippen LogP contribution in [0.1, 0.15) is 38.3 Å². The Morgan fingerprint density at radius 3 is 2.68 bits per heavy atom. The fourth-order valence-electron chi connectivity index (χ4n) is 3.58. The summed E-state index contributed by atoms with van der Waals surface area (Å²) in [7, 11) is 3.48. The van der Waals surface area contributed by atoms with Crippen LogP contribution in [0.4, 0.5) is 17.1 Å². The number of halogens is 1. The van der Waals surface area contributed by atoms with Crippen LogP contribution in [0.15, 0.2) is 39.0 Å². The number of fused-ring (bicyclic) bond motifs is 2. The number of anilines is 1. The normalized spacial score (nSPS) is 15.8. The van der Waals surface area contributed by atoms with Gasteiger partial charge in [0.05, 0.1) is 26.9 Å². The van der Waals surface area contributed by atoms with Gasteiger partial charge in [-0.15, -0.1) is 5.11 Å². The highest BCUT2D eigenvalue weighted by Crippen LogP contribution is 2.40. The van der Waals surface area contributed by atoms with Gasteiger partial charge < -0.3 is 4.90 Å². The quantitative estimate of drug-likeness (QED) is 0.515. The number of carbonyl (C=O) groups excluding carboxylic acids is 2. The van der Waals surface area contributed by atoms with Gasteiger partial charge in [-0.2, -0.15) is 10.4 Å². The zero-order valence-corrected chi connectivity index (χ0v) is 16.9. The average Bonchev–Trinajstić information content (AvgIpc) is 2.91. The first-order valence-corrected chi connectivity index (χ1v) is 9.56. The number of rotatable bonds is 2. The lowest BCUT2D eigenvalue weighted by atomic mass is 10.0. The maximum absolute atomic E-state index is 12.4. The summed E-state index contributed by atoms with van der Waals surface area (Å²) in [6, 6.07) is 9.32. The Hall–Kier alpha value is -3.05. The first-order valence-electron chi connectivity index (χ1n) is 8.77. The third-order valence-corrected chi connectivity index (χ3v) is 5.87. The van der Waals surface area contributed by atoms with Gasteiger partial charge in [-0.1, -0.05) is 0 Å². The van der Waals surface area contributed by atoms with Crippen LogP contribution in [0.5, 0.6) is 0 Å². The summed E-state index contributed by atoms with van der Waals surface area (Å²) >= 11 is 3.35. The second-order valence-electron chi connectivity index (χ2n) is 6.83. The minimum absolute atomic E-state index is 0.184. The van der Waals surface area contributed by atoms with Crippen molar-refractivity contribution in [3.05, 3.63) is 51.0 Å². The Morgan fingerprint density at radius 1 is 1.14 bits per heavy atom. The molecule has 0 atom stereocenters. The van der Waals surface area contributed by atoms with Crippen molar-refractivity contribution >= 4 is 44.8 Å². The fourth-order valence-corrected chi connectivity index (χ4v) is 4.26. The van der Waals surface area contributed by atoms with Crippen molar-refractivity contribution in [2.45, 2.75) is 12.8 Å². The monoisotopic (exact) mass is 437 g/mol. The van der Waals surface area contributed by atoms with E-state index in [1.165, 1.54) is 24.4 Å². The number of aryl methyl sites for hydroxylation is 1. The highest BCUT2D eigenvalue weighted by atomic mass is 79.9. The van der Waals surface area contributed by atoms with Crippen molar-refractivity contribution in [2.75, 3.05) is 25.5 Å². The molecule has 0 N–H and O–H groups in total. The van der Waals surface area contributed by atoms with Crippen LogP contribution in [-0.4, -0.2) is 37.4 Å². The first-order chi connectivity index (χ1) is 13.4. The van der Waals surface area contributed by atoms with E-state index >= 15 is 0 Å². The Labute approximate surface area is 170 Å². The van der Waals surface area contributed by atoms with Gasteiger partial charge in [0, 0.05) is 26.3 Å². The van der Waals surface area contributed by atoms with E-state index in [0.29, 0.717) is 10.2 Å². The smallest absolute Gasteiger partial charge is 0.262 e. The van der Waals surface area contributed by atoms with E-state index in [2.05, 4.69) is 38.1 Å². The van der Waals surface area contributed by atoms with Crippen molar-refractivity contribution in [1.82, 2.24) is 4.90 Å². The van der Waals surface area contributed by atoms with Crippen molar-refractivity contribution in [2.24, 2.45) is 10.2 Å². The molecule has 0 fully saturated rings. The Morgan fingerprint density at radius 2 is 1.93 bits per heavy atom.